The van der Waals surface area contributed by atoms with E-state index in [-0.39, 0.29) is 18.9 Å². The van der Waals surface area contributed by atoms with Crippen LogP contribution in [0.1, 0.15) is 29.3 Å². The number of hydrogen-bond acceptors (Lipinski definition) is 5. The van der Waals surface area contributed by atoms with Crippen molar-refractivity contribution < 1.29 is 24.2 Å². The van der Waals surface area contributed by atoms with Crippen LogP contribution >= 0.6 is 15.9 Å². The van der Waals surface area contributed by atoms with Crippen molar-refractivity contribution in [3.8, 4) is 0 Å². The number of rotatable bonds is 6. The minimum absolute atomic E-state index is 0.189. The first-order chi connectivity index (χ1) is 12.9. The van der Waals surface area contributed by atoms with E-state index in [0.29, 0.717) is 16.8 Å². The molecule has 0 unspecified atom stereocenters. The lowest BCUT2D eigenvalue weighted by molar-refractivity contribution is -0.144. The molecule has 0 radical (unpaired) electrons. The van der Waals surface area contributed by atoms with E-state index in [1.165, 1.54) is 4.90 Å². The Labute approximate surface area is 164 Å². The fraction of sp³-hybridized carbons (Fsp3) is 0.250. The highest BCUT2D eigenvalue weighted by atomic mass is 79.9. The molecule has 2 aromatic carbocycles. The van der Waals surface area contributed by atoms with Crippen molar-refractivity contribution in [2.45, 2.75) is 18.9 Å². The van der Waals surface area contributed by atoms with Gasteiger partial charge in [-0.05, 0) is 25.1 Å². The largest absolute Gasteiger partial charge is 0.465 e. The Kier molecular flexibility index (Phi) is 5.43. The molecule has 0 aromatic heterocycles. The zero-order valence-electron chi connectivity index (χ0n) is 14.6. The lowest BCUT2D eigenvalue weighted by Gasteiger charge is -2.22. The predicted octanol–water partition coefficient (Wildman–Crippen LogP) is 2.82. The molecule has 1 amide bonds. The molecule has 1 aliphatic rings. The quantitative estimate of drug-likeness (QED) is 0.561. The maximum atomic E-state index is 13.0. The van der Waals surface area contributed by atoms with Gasteiger partial charge in [0.05, 0.1) is 18.7 Å². The summed E-state index contributed by atoms with van der Waals surface area (Å²) in [7, 11) is 0. The summed E-state index contributed by atoms with van der Waals surface area (Å²) >= 11 is 3.30. The molecule has 1 atom stereocenters. The van der Waals surface area contributed by atoms with Crippen LogP contribution in [0.2, 0.25) is 0 Å². The second kappa shape index (κ2) is 7.62. The van der Waals surface area contributed by atoms with E-state index in [1.54, 1.807) is 55.5 Å². The number of nitrogens with zero attached hydrogens (tertiary/aromatic N) is 1. The molecule has 0 fully saturated rings. The van der Waals surface area contributed by atoms with Gasteiger partial charge in [-0.2, -0.15) is 0 Å². The van der Waals surface area contributed by atoms with Gasteiger partial charge in [0.2, 0.25) is 0 Å². The van der Waals surface area contributed by atoms with Gasteiger partial charge in [-0.3, -0.25) is 19.3 Å². The molecule has 0 bridgehead atoms. The van der Waals surface area contributed by atoms with Crippen molar-refractivity contribution in [2.24, 2.45) is 0 Å². The molecule has 7 heteroatoms. The summed E-state index contributed by atoms with van der Waals surface area (Å²) in [5, 5.41) is 11.1. The van der Waals surface area contributed by atoms with Gasteiger partial charge in [0.25, 0.3) is 5.91 Å². The number of ether oxygens (including phenoxy) is 1. The predicted molar refractivity (Wildman–Crippen MR) is 102 cm³/mol. The van der Waals surface area contributed by atoms with Crippen LogP contribution in [0.15, 0.2) is 53.0 Å². The number of aliphatic hydroxyl groups is 1. The number of anilines is 1. The molecule has 2 aromatic rings. The van der Waals surface area contributed by atoms with Gasteiger partial charge in [0.15, 0.2) is 11.4 Å². The fourth-order valence-electron chi connectivity index (χ4n) is 3.14. The van der Waals surface area contributed by atoms with E-state index < -0.39 is 23.9 Å². The molecule has 0 spiro atoms. The third kappa shape index (κ3) is 3.65. The number of carbonyl (C=O) groups excluding carboxylic acids is 3. The van der Waals surface area contributed by atoms with Gasteiger partial charge >= 0.3 is 5.97 Å². The summed E-state index contributed by atoms with van der Waals surface area (Å²) in [6.45, 7) is 1.54. The average Bonchev–Trinajstić information content (AvgIpc) is 2.85. The number of esters is 1. The van der Waals surface area contributed by atoms with Crippen LogP contribution in [-0.2, 0) is 19.9 Å². The molecular weight excluding hydrogens is 414 g/mol. The minimum atomic E-state index is -2.02. The maximum absolute atomic E-state index is 13.0. The SMILES string of the molecule is CCOC(=O)CN1C(=O)[C@](O)(CC(=O)c2ccc(Br)cc2)c2ccccc21. The number of para-hydroxylation sites is 1. The highest BCUT2D eigenvalue weighted by Gasteiger charge is 2.51. The van der Waals surface area contributed by atoms with Gasteiger partial charge < -0.3 is 9.84 Å². The lowest BCUT2D eigenvalue weighted by Crippen LogP contribution is -2.44. The van der Waals surface area contributed by atoms with Gasteiger partial charge in [-0.1, -0.05) is 46.3 Å². The number of fused-ring (bicyclic) bond motifs is 1. The Balaban J connectivity index is 1.92. The average molecular weight is 432 g/mol. The van der Waals surface area contributed by atoms with Crippen LogP contribution in [0.4, 0.5) is 5.69 Å². The fourth-order valence-corrected chi connectivity index (χ4v) is 3.40. The summed E-state index contributed by atoms with van der Waals surface area (Å²) in [5.74, 6) is -1.66. The maximum Gasteiger partial charge on any atom is 0.326 e. The van der Waals surface area contributed by atoms with E-state index >= 15 is 0 Å². The van der Waals surface area contributed by atoms with Crippen LogP contribution in [0.3, 0.4) is 0 Å². The van der Waals surface area contributed by atoms with Crippen molar-refractivity contribution in [3.63, 3.8) is 0 Å². The molecule has 3 rings (SSSR count). The number of hydrogen-bond donors (Lipinski definition) is 1. The van der Waals surface area contributed by atoms with E-state index in [1.807, 2.05) is 0 Å². The summed E-state index contributed by atoms with van der Waals surface area (Å²) < 4.78 is 5.73. The topological polar surface area (TPSA) is 83.9 Å². The Bertz CT molecular complexity index is 896. The van der Waals surface area contributed by atoms with E-state index in [4.69, 9.17) is 4.74 Å². The summed E-state index contributed by atoms with van der Waals surface area (Å²) in [6, 6.07) is 13.3. The van der Waals surface area contributed by atoms with Gasteiger partial charge in [0, 0.05) is 15.6 Å². The smallest absolute Gasteiger partial charge is 0.326 e. The highest BCUT2D eigenvalue weighted by molar-refractivity contribution is 9.10. The zero-order valence-corrected chi connectivity index (χ0v) is 16.2. The Morgan fingerprint density at radius 1 is 1.15 bits per heavy atom. The highest BCUT2D eigenvalue weighted by Crippen LogP contribution is 2.42. The molecule has 0 saturated heterocycles. The van der Waals surface area contributed by atoms with Crippen LogP contribution in [0.25, 0.3) is 0 Å². The third-order valence-corrected chi connectivity index (χ3v) is 4.94. The normalized spacial score (nSPS) is 18.3. The molecule has 0 saturated carbocycles. The number of ketones is 1. The molecule has 1 aliphatic heterocycles. The Morgan fingerprint density at radius 2 is 1.81 bits per heavy atom. The van der Waals surface area contributed by atoms with Gasteiger partial charge in [-0.15, -0.1) is 0 Å². The molecule has 6 nitrogen and oxygen atoms in total. The molecule has 1 heterocycles. The summed E-state index contributed by atoms with van der Waals surface area (Å²) in [4.78, 5) is 38.7. The number of carbonyl (C=O) groups is 3. The molecular formula is C20H18BrNO5. The van der Waals surface area contributed by atoms with E-state index in [9.17, 15) is 19.5 Å². The van der Waals surface area contributed by atoms with Crippen LogP contribution in [0.5, 0.6) is 0 Å². The Hall–Kier alpha value is -2.51. The molecule has 0 aliphatic carbocycles. The van der Waals surface area contributed by atoms with Crippen LogP contribution < -0.4 is 4.90 Å². The first-order valence-corrected chi connectivity index (χ1v) is 9.24. The monoisotopic (exact) mass is 431 g/mol. The van der Waals surface area contributed by atoms with Gasteiger partial charge in [-0.25, -0.2) is 0 Å². The van der Waals surface area contributed by atoms with Crippen molar-refractivity contribution in [2.75, 3.05) is 18.1 Å². The number of amides is 1. The third-order valence-electron chi connectivity index (χ3n) is 4.41. The first kappa shape index (κ1) is 19.3. The minimum Gasteiger partial charge on any atom is -0.465 e. The zero-order chi connectivity index (χ0) is 19.6. The summed E-state index contributed by atoms with van der Waals surface area (Å²) in [6.07, 6.45) is -0.413. The molecule has 140 valence electrons. The second-order valence-electron chi connectivity index (χ2n) is 6.18. The second-order valence-corrected chi connectivity index (χ2v) is 7.10. The van der Waals surface area contributed by atoms with E-state index in [0.717, 1.165) is 4.47 Å². The van der Waals surface area contributed by atoms with Crippen molar-refractivity contribution >= 4 is 39.3 Å². The van der Waals surface area contributed by atoms with E-state index in [2.05, 4.69) is 15.9 Å². The van der Waals surface area contributed by atoms with Gasteiger partial charge in [0.1, 0.15) is 6.54 Å². The first-order valence-electron chi connectivity index (χ1n) is 8.45. The standard InChI is InChI=1S/C20H18BrNO5/c1-2-27-18(24)12-22-16-6-4-3-5-15(16)20(26,19(22)25)11-17(23)13-7-9-14(21)10-8-13/h3-10,26H,2,11-12H2,1H3/t20-/m0/s1. The molecule has 27 heavy (non-hydrogen) atoms. The lowest BCUT2D eigenvalue weighted by atomic mass is 9.88. The van der Waals surface area contributed by atoms with Crippen molar-refractivity contribution in [1.82, 2.24) is 0 Å². The number of halogens is 1. The van der Waals surface area contributed by atoms with Crippen molar-refractivity contribution in [3.05, 3.63) is 64.1 Å². The van der Waals surface area contributed by atoms with Crippen molar-refractivity contribution in [1.29, 1.82) is 0 Å². The number of Topliss-reactive ketones (excluding diaryl/α,β-unsaturated/α-hetero) is 1. The molecule has 1 N–H and O–H groups in total. The summed E-state index contributed by atoms with van der Waals surface area (Å²) in [5.41, 5.74) is -0.917. The van der Waals surface area contributed by atoms with Crippen LogP contribution in [-0.4, -0.2) is 35.9 Å². The Morgan fingerprint density at radius 3 is 2.48 bits per heavy atom. The number of benzene rings is 2. The van der Waals surface area contributed by atoms with Crippen LogP contribution in [0, 0.1) is 0 Å².